The lowest BCUT2D eigenvalue weighted by molar-refractivity contribution is 0.0787. The van der Waals surface area contributed by atoms with Gasteiger partial charge in [0.1, 0.15) is 9.88 Å². The van der Waals surface area contributed by atoms with Crippen molar-refractivity contribution in [2.24, 2.45) is 11.8 Å². The number of likely N-dealkylation sites (tertiary alicyclic amines) is 1. The summed E-state index contributed by atoms with van der Waals surface area (Å²) in [7, 11) is 0. The Morgan fingerprint density at radius 3 is 2.36 bits per heavy atom. The minimum absolute atomic E-state index is 0.0963. The second kappa shape index (κ2) is 7.32. The smallest absolute Gasteiger partial charge is 0.266 e. The predicted octanol–water partition coefficient (Wildman–Crippen LogP) is 4.42. The van der Waals surface area contributed by atoms with Gasteiger partial charge in [-0.25, -0.2) is 4.98 Å². The second-order valence-electron chi connectivity index (χ2n) is 7.46. The van der Waals surface area contributed by atoms with Gasteiger partial charge < -0.3 is 10.2 Å². The van der Waals surface area contributed by atoms with E-state index in [1.54, 1.807) is 0 Å². The molecule has 142 valence electrons. The average Bonchev–Trinajstić information content (AvgIpc) is 3.43. The number of carbonyl (C=O) groups excluding carboxylic acids is 1. The zero-order valence-corrected chi connectivity index (χ0v) is 16.8. The van der Waals surface area contributed by atoms with Gasteiger partial charge in [0.05, 0.1) is 5.69 Å². The van der Waals surface area contributed by atoms with Crippen LogP contribution in [0.25, 0.3) is 21.8 Å². The van der Waals surface area contributed by atoms with E-state index in [0.29, 0.717) is 21.7 Å². The van der Waals surface area contributed by atoms with Crippen LogP contribution in [0.4, 0.5) is 0 Å². The van der Waals surface area contributed by atoms with Gasteiger partial charge in [-0.05, 0) is 24.0 Å². The molecule has 3 heterocycles. The van der Waals surface area contributed by atoms with Crippen molar-refractivity contribution in [2.45, 2.75) is 0 Å². The van der Waals surface area contributed by atoms with Crippen LogP contribution in [0.1, 0.15) is 9.67 Å². The Morgan fingerprint density at radius 1 is 1.00 bits per heavy atom. The molecule has 0 saturated carbocycles. The standard InChI is InChI=1S/C22H20ClN3OS/c23-18-8-6-14(7-9-18)19-20(28-21(25-19)15-4-2-1-3-5-15)22(27)26-12-16-10-24-11-17(16)13-26/h1-9,16-17,24H,10-13H2/t16-,17+. The molecule has 0 unspecified atom stereocenters. The van der Waals surface area contributed by atoms with Crippen molar-refractivity contribution < 1.29 is 4.79 Å². The number of halogens is 1. The number of carbonyl (C=O) groups is 1. The van der Waals surface area contributed by atoms with Crippen LogP contribution in [0.5, 0.6) is 0 Å². The number of thiazole rings is 1. The Morgan fingerprint density at radius 2 is 1.68 bits per heavy atom. The molecular weight excluding hydrogens is 390 g/mol. The fourth-order valence-corrected chi connectivity index (χ4v) is 5.32. The van der Waals surface area contributed by atoms with E-state index in [4.69, 9.17) is 16.6 Å². The van der Waals surface area contributed by atoms with E-state index in [1.807, 2.05) is 59.5 Å². The summed E-state index contributed by atoms with van der Waals surface area (Å²) in [6, 6.07) is 17.6. The average molecular weight is 410 g/mol. The van der Waals surface area contributed by atoms with Gasteiger partial charge in [-0.1, -0.05) is 54.1 Å². The van der Waals surface area contributed by atoms with Crippen LogP contribution in [-0.2, 0) is 0 Å². The molecule has 3 aromatic rings. The summed E-state index contributed by atoms with van der Waals surface area (Å²) in [5, 5.41) is 4.98. The number of benzene rings is 2. The largest absolute Gasteiger partial charge is 0.337 e. The Hall–Kier alpha value is -2.21. The molecule has 2 aliphatic heterocycles. The molecule has 2 atom stereocenters. The van der Waals surface area contributed by atoms with Gasteiger partial charge >= 0.3 is 0 Å². The van der Waals surface area contributed by atoms with Crippen molar-refractivity contribution in [2.75, 3.05) is 26.2 Å². The van der Waals surface area contributed by atoms with Crippen LogP contribution in [0.15, 0.2) is 54.6 Å². The molecule has 0 bridgehead atoms. The zero-order valence-electron chi connectivity index (χ0n) is 15.3. The molecule has 2 aliphatic rings. The lowest BCUT2D eigenvalue weighted by Crippen LogP contribution is -2.31. The van der Waals surface area contributed by atoms with Crippen molar-refractivity contribution in [1.29, 1.82) is 0 Å². The lowest BCUT2D eigenvalue weighted by atomic mass is 10.0. The second-order valence-corrected chi connectivity index (χ2v) is 8.89. The van der Waals surface area contributed by atoms with Crippen molar-refractivity contribution in [3.05, 3.63) is 64.5 Å². The number of amides is 1. The molecule has 2 aromatic carbocycles. The van der Waals surface area contributed by atoms with Crippen molar-refractivity contribution in [3.63, 3.8) is 0 Å². The Bertz CT molecular complexity index is 990. The van der Waals surface area contributed by atoms with E-state index in [2.05, 4.69) is 5.32 Å². The maximum atomic E-state index is 13.4. The number of fused-ring (bicyclic) bond motifs is 1. The van der Waals surface area contributed by atoms with Crippen molar-refractivity contribution in [1.82, 2.24) is 15.2 Å². The number of aromatic nitrogens is 1. The monoisotopic (exact) mass is 409 g/mol. The number of hydrogen-bond donors (Lipinski definition) is 1. The van der Waals surface area contributed by atoms with E-state index >= 15 is 0 Å². The quantitative estimate of drug-likeness (QED) is 0.696. The molecule has 0 aliphatic carbocycles. The molecule has 4 nitrogen and oxygen atoms in total. The van der Waals surface area contributed by atoms with Gasteiger partial charge in [0.2, 0.25) is 0 Å². The van der Waals surface area contributed by atoms with E-state index in [0.717, 1.165) is 48.0 Å². The van der Waals surface area contributed by atoms with Gasteiger partial charge in [0.15, 0.2) is 0 Å². The van der Waals surface area contributed by atoms with Crippen LogP contribution < -0.4 is 5.32 Å². The molecule has 1 aromatic heterocycles. The Labute approximate surface area is 173 Å². The van der Waals surface area contributed by atoms with Gasteiger partial charge in [-0.3, -0.25) is 4.79 Å². The van der Waals surface area contributed by atoms with Crippen LogP contribution in [0.3, 0.4) is 0 Å². The summed E-state index contributed by atoms with van der Waals surface area (Å²) < 4.78 is 0. The summed E-state index contributed by atoms with van der Waals surface area (Å²) in [4.78, 5) is 21.0. The molecule has 1 N–H and O–H groups in total. The zero-order chi connectivity index (χ0) is 19.1. The van der Waals surface area contributed by atoms with Crippen molar-refractivity contribution >= 4 is 28.8 Å². The molecule has 1 amide bonds. The van der Waals surface area contributed by atoms with Crippen LogP contribution in [-0.4, -0.2) is 42.0 Å². The molecule has 2 fully saturated rings. The van der Waals surface area contributed by atoms with Gasteiger partial charge in [-0.15, -0.1) is 11.3 Å². The first-order valence-electron chi connectivity index (χ1n) is 9.51. The third-order valence-electron chi connectivity index (χ3n) is 5.64. The molecule has 0 spiro atoms. The van der Waals surface area contributed by atoms with Gasteiger partial charge in [0, 0.05) is 42.3 Å². The lowest BCUT2D eigenvalue weighted by Gasteiger charge is -2.17. The topological polar surface area (TPSA) is 45.2 Å². The highest BCUT2D eigenvalue weighted by Crippen LogP contribution is 2.37. The maximum absolute atomic E-state index is 13.4. The number of nitrogens with zero attached hydrogens (tertiary/aromatic N) is 2. The Balaban J connectivity index is 1.54. The minimum Gasteiger partial charge on any atom is -0.337 e. The van der Waals surface area contributed by atoms with E-state index in [1.165, 1.54) is 11.3 Å². The van der Waals surface area contributed by atoms with E-state index < -0.39 is 0 Å². The predicted molar refractivity (Wildman–Crippen MR) is 114 cm³/mol. The highest BCUT2D eigenvalue weighted by atomic mass is 35.5. The number of nitrogens with one attached hydrogen (secondary N) is 1. The molecular formula is C22H20ClN3OS. The first-order valence-corrected chi connectivity index (χ1v) is 10.7. The van der Waals surface area contributed by atoms with E-state index in [9.17, 15) is 4.79 Å². The summed E-state index contributed by atoms with van der Waals surface area (Å²) in [6.07, 6.45) is 0. The molecule has 6 heteroatoms. The fourth-order valence-electron chi connectivity index (χ4n) is 4.14. The highest BCUT2D eigenvalue weighted by Gasteiger charge is 2.39. The Kier molecular flexibility index (Phi) is 4.67. The van der Waals surface area contributed by atoms with Gasteiger partial charge in [0.25, 0.3) is 5.91 Å². The highest BCUT2D eigenvalue weighted by molar-refractivity contribution is 7.17. The van der Waals surface area contributed by atoms with Gasteiger partial charge in [-0.2, -0.15) is 0 Å². The molecule has 28 heavy (non-hydrogen) atoms. The minimum atomic E-state index is 0.0963. The third-order valence-corrected chi connectivity index (χ3v) is 6.98. The number of rotatable bonds is 3. The van der Waals surface area contributed by atoms with Crippen LogP contribution >= 0.6 is 22.9 Å². The van der Waals surface area contributed by atoms with Crippen LogP contribution in [0, 0.1) is 11.8 Å². The van der Waals surface area contributed by atoms with E-state index in [-0.39, 0.29) is 5.91 Å². The first kappa shape index (κ1) is 17.9. The molecule has 0 radical (unpaired) electrons. The normalized spacial score (nSPS) is 21.1. The third kappa shape index (κ3) is 3.24. The molecule has 2 saturated heterocycles. The van der Waals surface area contributed by atoms with Crippen molar-refractivity contribution in [3.8, 4) is 21.8 Å². The molecule has 5 rings (SSSR count). The summed E-state index contributed by atoms with van der Waals surface area (Å²) in [6.45, 7) is 3.68. The summed E-state index contributed by atoms with van der Waals surface area (Å²) in [5.74, 6) is 1.24. The van der Waals surface area contributed by atoms with Crippen LogP contribution in [0.2, 0.25) is 5.02 Å². The first-order chi connectivity index (χ1) is 13.7. The summed E-state index contributed by atoms with van der Waals surface area (Å²) >= 11 is 7.55. The summed E-state index contributed by atoms with van der Waals surface area (Å²) in [5.41, 5.74) is 2.71. The maximum Gasteiger partial charge on any atom is 0.266 e. The SMILES string of the molecule is O=C(c1sc(-c2ccccc2)nc1-c1ccc(Cl)cc1)N1C[C@H]2CNC[C@H]2C1. The fraction of sp³-hybridized carbons (Fsp3) is 0.273. The number of hydrogen-bond acceptors (Lipinski definition) is 4.